The lowest BCUT2D eigenvalue weighted by atomic mass is 9.74. The minimum atomic E-state index is 0.279. The molecule has 1 aliphatic carbocycles. The minimum Gasteiger partial charge on any atom is -0.307 e. The van der Waals surface area contributed by atoms with E-state index in [2.05, 4.69) is 51.7 Å². The predicted octanol–water partition coefficient (Wildman–Crippen LogP) is 2.58. The van der Waals surface area contributed by atoms with Crippen LogP contribution in [0.1, 0.15) is 48.7 Å². The Hall–Kier alpha value is -1.68. The van der Waals surface area contributed by atoms with Crippen molar-refractivity contribution in [2.75, 3.05) is 6.54 Å². The summed E-state index contributed by atoms with van der Waals surface area (Å²) in [5.41, 5.74) is 3.00. The average molecular weight is 256 g/mol. The zero-order valence-electron chi connectivity index (χ0n) is 11.3. The van der Waals surface area contributed by atoms with Gasteiger partial charge in [0.1, 0.15) is 12.2 Å². The highest BCUT2D eigenvalue weighted by molar-refractivity contribution is 5.40. The molecule has 0 spiro atoms. The van der Waals surface area contributed by atoms with Gasteiger partial charge < -0.3 is 5.32 Å². The molecule has 0 fully saturated rings. The first kappa shape index (κ1) is 12.4. The van der Waals surface area contributed by atoms with Crippen LogP contribution in [-0.4, -0.2) is 21.7 Å². The minimum absolute atomic E-state index is 0.279. The number of nitrogens with zero attached hydrogens (tertiary/aromatic N) is 2. The van der Waals surface area contributed by atoms with Crippen LogP contribution in [0, 0.1) is 0 Å². The number of fused-ring (bicyclic) bond motifs is 1. The van der Waals surface area contributed by atoms with Crippen molar-refractivity contribution in [3.8, 4) is 0 Å². The van der Waals surface area contributed by atoms with Gasteiger partial charge in [0, 0.05) is 0 Å². The van der Waals surface area contributed by atoms with Crippen molar-refractivity contribution < 1.29 is 0 Å². The van der Waals surface area contributed by atoms with Crippen molar-refractivity contribution >= 4 is 0 Å². The molecule has 4 heteroatoms. The molecule has 1 aliphatic rings. The van der Waals surface area contributed by atoms with Crippen molar-refractivity contribution in [2.45, 2.75) is 38.1 Å². The van der Waals surface area contributed by atoms with Crippen LogP contribution in [0.4, 0.5) is 0 Å². The Kier molecular flexibility index (Phi) is 3.60. The van der Waals surface area contributed by atoms with Gasteiger partial charge in [-0.1, -0.05) is 31.2 Å². The molecule has 100 valence electrons. The van der Waals surface area contributed by atoms with Crippen LogP contribution >= 0.6 is 0 Å². The molecule has 4 nitrogen and oxygen atoms in total. The average Bonchev–Trinajstić information content (AvgIpc) is 2.93. The van der Waals surface area contributed by atoms with Gasteiger partial charge in [0.15, 0.2) is 0 Å². The zero-order valence-corrected chi connectivity index (χ0v) is 11.3. The molecule has 2 unspecified atom stereocenters. The van der Waals surface area contributed by atoms with Crippen LogP contribution < -0.4 is 5.32 Å². The topological polar surface area (TPSA) is 53.6 Å². The summed E-state index contributed by atoms with van der Waals surface area (Å²) in [5.74, 6) is 1.61. The van der Waals surface area contributed by atoms with E-state index in [0.717, 1.165) is 25.2 Å². The zero-order chi connectivity index (χ0) is 13.1. The highest BCUT2D eigenvalue weighted by Crippen LogP contribution is 2.40. The monoisotopic (exact) mass is 256 g/mol. The lowest BCUT2D eigenvalue weighted by Gasteiger charge is -2.32. The summed E-state index contributed by atoms with van der Waals surface area (Å²) in [7, 11) is 0. The van der Waals surface area contributed by atoms with E-state index in [1.807, 2.05) is 0 Å². The van der Waals surface area contributed by atoms with Gasteiger partial charge in [-0.25, -0.2) is 4.98 Å². The Bertz CT molecular complexity index is 521. The molecule has 0 amide bonds. The molecule has 0 aliphatic heterocycles. The SMILES string of the molecule is CCCNC(CC1Cc2ccccc21)c1ncn[nH]1. The molecular formula is C15H20N4. The second-order valence-corrected chi connectivity index (χ2v) is 5.21. The maximum Gasteiger partial charge on any atom is 0.141 e. The van der Waals surface area contributed by atoms with Gasteiger partial charge in [0.05, 0.1) is 6.04 Å². The lowest BCUT2D eigenvalue weighted by molar-refractivity contribution is 0.414. The fourth-order valence-corrected chi connectivity index (χ4v) is 2.85. The Morgan fingerprint density at radius 1 is 1.42 bits per heavy atom. The molecule has 1 aromatic carbocycles. The molecule has 0 bridgehead atoms. The van der Waals surface area contributed by atoms with Crippen LogP contribution in [0.5, 0.6) is 0 Å². The first-order chi connectivity index (χ1) is 9.38. The fraction of sp³-hybridized carbons (Fsp3) is 0.467. The molecule has 0 radical (unpaired) electrons. The highest BCUT2D eigenvalue weighted by atomic mass is 15.2. The molecule has 0 saturated heterocycles. The van der Waals surface area contributed by atoms with Crippen LogP contribution in [0.2, 0.25) is 0 Å². The summed E-state index contributed by atoms with van der Waals surface area (Å²) in [5, 5.41) is 10.5. The Balaban J connectivity index is 1.69. The first-order valence-electron chi connectivity index (χ1n) is 7.05. The largest absolute Gasteiger partial charge is 0.307 e. The van der Waals surface area contributed by atoms with Gasteiger partial charge in [0.25, 0.3) is 0 Å². The summed E-state index contributed by atoms with van der Waals surface area (Å²) >= 11 is 0. The van der Waals surface area contributed by atoms with E-state index in [0.29, 0.717) is 5.92 Å². The second kappa shape index (κ2) is 5.53. The fourth-order valence-electron chi connectivity index (χ4n) is 2.85. The highest BCUT2D eigenvalue weighted by Gasteiger charge is 2.29. The smallest absolute Gasteiger partial charge is 0.141 e. The molecule has 3 rings (SSSR count). The lowest BCUT2D eigenvalue weighted by Crippen LogP contribution is -2.28. The van der Waals surface area contributed by atoms with Crippen molar-refractivity contribution in [1.82, 2.24) is 20.5 Å². The Morgan fingerprint density at radius 2 is 2.32 bits per heavy atom. The number of aromatic amines is 1. The van der Waals surface area contributed by atoms with E-state index < -0.39 is 0 Å². The number of nitrogens with one attached hydrogen (secondary N) is 2. The molecule has 2 aromatic rings. The number of benzene rings is 1. The third kappa shape index (κ3) is 2.54. The summed E-state index contributed by atoms with van der Waals surface area (Å²) in [6.07, 6.45) is 5.00. The van der Waals surface area contributed by atoms with Crippen molar-refractivity contribution in [1.29, 1.82) is 0 Å². The third-order valence-electron chi connectivity index (χ3n) is 3.89. The van der Waals surface area contributed by atoms with Gasteiger partial charge >= 0.3 is 0 Å². The Morgan fingerprint density at radius 3 is 3.05 bits per heavy atom. The van der Waals surface area contributed by atoms with Crippen LogP contribution in [0.25, 0.3) is 0 Å². The maximum atomic E-state index is 4.31. The van der Waals surface area contributed by atoms with Crippen LogP contribution in [-0.2, 0) is 6.42 Å². The summed E-state index contributed by atoms with van der Waals surface area (Å²) in [6, 6.07) is 9.02. The third-order valence-corrected chi connectivity index (χ3v) is 3.89. The van der Waals surface area contributed by atoms with E-state index in [1.165, 1.54) is 17.5 Å². The maximum absolute atomic E-state index is 4.31. The van der Waals surface area contributed by atoms with E-state index in [-0.39, 0.29) is 6.04 Å². The molecule has 2 atom stereocenters. The van der Waals surface area contributed by atoms with Gasteiger partial charge in [0.2, 0.25) is 0 Å². The number of hydrogen-bond donors (Lipinski definition) is 2. The first-order valence-corrected chi connectivity index (χ1v) is 7.05. The van der Waals surface area contributed by atoms with E-state index in [4.69, 9.17) is 0 Å². The quantitative estimate of drug-likeness (QED) is 0.835. The summed E-state index contributed by atoms with van der Waals surface area (Å²) in [4.78, 5) is 4.31. The van der Waals surface area contributed by atoms with Crippen molar-refractivity contribution in [3.63, 3.8) is 0 Å². The predicted molar refractivity (Wildman–Crippen MR) is 74.9 cm³/mol. The number of H-pyrrole nitrogens is 1. The van der Waals surface area contributed by atoms with Gasteiger partial charge in [-0.2, -0.15) is 5.10 Å². The molecule has 2 N–H and O–H groups in total. The number of rotatable bonds is 6. The van der Waals surface area contributed by atoms with Gasteiger partial charge in [-0.05, 0) is 42.9 Å². The standard InChI is InChI=1S/C15H20N4/c1-2-7-16-14(15-17-10-18-19-15)9-12-8-11-5-3-4-6-13(11)12/h3-6,10,12,14,16H,2,7-9H2,1H3,(H,17,18,19). The van der Waals surface area contributed by atoms with Gasteiger partial charge in [-0.3, -0.25) is 5.10 Å². The van der Waals surface area contributed by atoms with E-state index >= 15 is 0 Å². The molecule has 19 heavy (non-hydrogen) atoms. The number of aromatic nitrogens is 3. The Labute approximate surface area is 113 Å². The van der Waals surface area contributed by atoms with Crippen molar-refractivity contribution in [2.24, 2.45) is 0 Å². The summed E-state index contributed by atoms with van der Waals surface area (Å²) in [6.45, 7) is 3.20. The normalized spacial score (nSPS) is 18.7. The summed E-state index contributed by atoms with van der Waals surface area (Å²) < 4.78 is 0. The molecule has 1 aromatic heterocycles. The molecular weight excluding hydrogens is 236 g/mol. The van der Waals surface area contributed by atoms with Crippen molar-refractivity contribution in [3.05, 3.63) is 47.5 Å². The van der Waals surface area contributed by atoms with Gasteiger partial charge in [-0.15, -0.1) is 0 Å². The van der Waals surface area contributed by atoms with E-state index in [1.54, 1.807) is 6.33 Å². The molecule has 1 heterocycles. The molecule has 0 saturated carbocycles. The second-order valence-electron chi connectivity index (χ2n) is 5.21. The van der Waals surface area contributed by atoms with Crippen LogP contribution in [0.3, 0.4) is 0 Å². The number of hydrogen-bond acceptors (Lipinski definition) is 3. The van der Waals surface area contributed by atoms with Crippen LogP contribution in [0.15, 0.2) is 30.6 Å². The van der Waals surface area contributed by atoms with E-state index in [9.17, 15) is 0 Å².